The fourth-order valence-corrected chi connectivity index (χ4v) is 5.13. The summed E-state index contributed by atoms with van der Waals surface area (Å²) >= 11 is 7.56. The van der Waals surface area contributed by atoms with Crippen molar-refractivity contribution in [1.82, 2.24) is 4.90 Å². The van der Waals surface area contributed by atoms with Crippen molar-refractivity contribution in [2.24, 2.45) is 4.99 Å². The second kappa shape index (κ2) is 9.67. The molecule has 2 aromatic carbocycles. The Morgan fingerprint density at radius 1 is 1.28 bits per heavy atom. The monoisotopic (exact) mass is 472 g/mol. The Morgan fingerprint density at radius 2 is 2.03 bits per heavy atom. The summed E-state index contributed by atoms with van der Waals surface area (Å²) in [5, 5.41) is 9.57. The zero-order chi connectivity index (χ0) is 22.7. The van der Waals surface area contributed by atoms with Gasteiger partial charge in [-0.05, 0) is 35.4 Å². The summed E-state index contributed by atoms with van der Waals surface area (Å²) in [4.78, 5) is 31.5. The van der Waals surface area contributed by atoms with E-state index in [0.717, 1.165) is 5.56 Å². The Balaban J connectivity index is 1.47. The van der Waals surface area contributed by atoms with E-state index in [0.29, 0.717) is 22.6 Å². The molecule has 0 bridgehead atoms. The number of alkyl halides is 1. The number of benzene rings is 2. The quantitative estimate of drug-likeness (QED) is 0.288. The normalized spacial score (nSPS) is 20.2. The minimum atomic E-state index is -0.638. The zero-order valence-electron chi connectivity index (χ0n) is 17.2. The standard InChI is InChI=1S/C23H21ClN2O5S/c1-30-17-8-6-14(7-9-17)12-31-23(29)20-16(10-24)13-32-22-19(21(28)26(20)22)25-11-15-4-2-3-5-18(15)27/h2-9,11,19,22,27H,10,12-13H2,1H3/b25-11-/t19-,22-/m1/s1. The van der Waals surface area contributed by atoms with Crippen LogP contribution >= 0.6 is 23.4 Å². The lowest BCUT2D eigenvalue weighted by atomic mass is 10.0. The highest BCUT2D eigenvalue weighted by atomic mass is 35.5. The molecule has 1 amide bonds. The average molecular weight is 473 g/mol. The molecule has 0 aliphatic carbocycles. The average Bonchev–Trinajstić information content (AvgIpc) is 2.83. The molecule has 2 atom stereocenters. The largest absolute Gasteiger partial charge is 0.507 e. The molecule has 1 N–H and O–H groups in total. The number of aliphatic imine (C=N–C) groups is 1. The van der Waals surface area contributed by atoms with Gasteiger partial charge in [0, 0.05) is 23.4 Å². The number of hydrogen-bond acceptors (Lipinski definition) is 7. The molecule has 2 aliphatic rings. The van der Waals surface area contributed by atoms with E-state index in [4.69, 9.17) is 21.1 Å². The van der Waals surface area contributed by atoms with Crippen molar-refractivity contribution >= 4 is 41.5 Å². The minimum absolute atomic E-state index is 0.0661. The van der Waals surface area contributed by atoms with Gasteiger partial charge < -0.3 is 14.6 Å². The van der Waals surface area contributed by atoms with Gasteiger partial charge in [-0.2, -0.15) is 0 Å². The van der Waals surface area contributed by atoms with E-state index in [9.17, 15) is 14.7 Å². The summed E-state index contributed by atoms with van der Waals surface area (Å²) in [6, 6.07) is 13.3. The van der Waals surface area contributed by atoms with Crippen molar-refractivity contribution in [3.05, 3.63) is 70.9 Å². The van der Waals surface area contributed by atoms with E-state index in [1.165, 1.54) is 22.9 Å². The lowest BCUT2D eigenvalue weighted by Gasteiger charge is -2.48. The van der Waals surface area contributed by atoms with Crippen LogP contribution in [-0.4, -0.2) is 58.3 Å². The Hall–Kier alpha value is -2.97. The Labute approximate surface area is 194 Å². The lowest BCUT2D eigenvalue weighted by molar-refractivity contribution is -0.151. The summed E-state index contributed by atoms with van der Waals surface area (Å²) in [6.45, 7) is 0.0661. The van der Waals surface area contributed by atoms with Crippen LogP contribution in [0.15, 0.2) is 64.8 Å². The molecule has 2 heterocycles. The number of fused-ring (bicyclic) bond motifs is 1. The smallest absolute Gasteiger partial charge is 0.355 e. The van der Waals surface area contributed by atoms with Gasteiger partial charge in [0.1, 0.15) is 29.2 Å². The molecular formula is C23H21ClN2O5S. The number of halogens is 1. The highest BCUT2D eigenvalue weighted by molar-refractivity contribution is 8.00. The molecule has 0 spiro atoms. The summed E-state index contributed by atoms with van der Waals surface area (Å²) in [7, 11) is 1.58. The number of esters is 1. The third kappa shape index (κ3) is 4.33. The number of phenols is 1. The first-order valence-corrected chi connectivity index (χ1v) is 11.5. The number of rotatable bonds is 7. The minimum Gasteiger partial charge on any atom is -0.507 e. The van der Waals surface area contributed by atoms with Crippen LogP contribution in [0.4, 0.5) is 0 Å². The number of carbonyl (C=O) groups excluding carboxylic acids is 2. The highest BCUT2D eigenvalue weighted by Gasteiger charge is 2.53. The van der Waals surface area contributed by atoms with Crippen LogP contribution in [0.5, 0.6) is 11.5 Å². The third-order valence-corrected chi connectivity index (χ3v) is 6.86. The first kappa shape index (κ1) is 22.2. The Kier molecular flexibility index (Phi) is 6.72. The summed E-state index contributed by atoms with van der Waals surface area (Å²) in [5.74, 6) is 0.547. The maximum absolute atomic E-state index is 12.9. The highest BCUT2D eigenvalue weighted by Crippen LogP contribution is 2.42. The molecule has 9 heteroatoms. The molecule has 2 aromatic rings. The third-order valence-electron chi connectivity index (χ3n) is 5.21. The molecule has 1 fully saturated rings. The number of amides is 1. The second-order valence-corrected chi connectivity index (χ2v) is 8.57. The van der Waals surface area contributed by atoms with Gasteiger partial charge in [0.15, 0.2) is 6.04 Å². The first-order chi connectivity index (χ1) is 15.5. The predicted molar refractivity (Wildman–Crippen MR) is 123 cm³/mol. The number of nitrogens with zero attached hydrogens (tertiary/aromatic N) is 2. The van der Waals surface area contributed by atoms with Gasteiger partial charge in [0.25, 0.3) is 5.91 Å². The summed E-state index contributed by atoms with van der Waals surface area (Å²) in [6.07, 6.45) is 1.48. The number of phenolic OH excluding ortho intramolecular Hbond substituents is 1. The van der Waals surface area contributed by atoms with Crippen LogP contribution in [0.1, 0.15) is 11.1 Å². The lowest BCUT2D eigenvalue weighted by Crippen LogP contribution is -2.64. The maximum Gasteiger partial charge on any atom is 0.355 e. The molecule has 32 heavy (non-hydrogen) atoms. The molecule has 2 aliphatic heterocycles. The fraction of sp³-hybridized carbons (Fsp3) is 0.261. The SMILES string of the molecule is COc1ccc(COC(=O)C2=C(CCl)CS[C@@H]3[C@H](/N=C\c4ccccc4O)C(=O)N23)cc1. The van der Waals surface area contributed by atoms with Crippen LogP contribution in [0.3, 0.4) is 0 Å². The first-order valence-electron chi connectivity index (χ1n) is 9.87. The number of β-lactam (4-membered cyclic amide) rings is 1. The zero-order valence-corrected chi connectivity index (χ0v) is 18.8. The van der Waals surface area contributed by atoms with Crippen molar-refractivity contribution in [3.8, 4) is 11.5 Å². The van der Waals surface area contributed by atoms with E-state index in [1.54, 1.807) is 55.6 Å². The summed E-state index contributed by atoms with van der Waals surface area (Å²) < 4.78 is 10.6. The van der Waals surface area contributed by atoms with Crippen molar-refractivity contribution < 1.29 is 24.2 Å². The van der Waals surface area contributed by atoms with E-state index in [-0.39, 0.29) is 35.2 Å². The molecule has 166 valence electrons. The van der Waals surface area contributed by atoms with Crippen LogP contribution in [0.25, 0.3) is 0 Å². The van der Waals surface area contributed by atoms with Crippen LogP contribution in [0.2, 0.25) is 0 Å². The van der Waals surface area contributed by atoms with E-state index in [1.807, 2.05) is 0 Å². The fourth-order valence-electron chi connectivity index (χ4n) is 3.45. The number of aromatic hydroxyl groups is 1. The molecule has 7 nitrogen and oxygen atoms in total. The van der Waals surface area contributed by atoms with Crippen LogP contribution in [0, 0.1) is 0 Å². The Morgan fingerprint density at radius 3 is 2.72 bits per heavy atom. The van der Waals surface area contributed by atoms with Crippen molar-refractivity contribution in [3.63, 3.8) is 0 Å². The summed E-state index contributed by atoms with van der Waals surface area (Å²) in [5.41, 5.74) is 2.19. The number of thioether (sulfide) groups is 1. The maximum atomic E-state index is 12.9. The van der Waals surface area contributed by atoms with E-state index < -0.39 is 12.0 Å². The molecular weight excluding hydrogens is 452 g/mol. The van der Waals surface area contributed by atoms with E-state index in [2.05, 4.69) is 4.99 Å². The van der Waals surface area contributed by atoms with Gasteiger partial charge >= 0.3 is 5.97 Å². The van der Waals surface area contributed by atoms with Gasteiger partial charge in [0.05, 0.1) is 7.11 Å². The van der Waals surface area contributed by atoms with Gasteiger partial charge in [-0.3, -0.25) is 14.7 Å². The number of carbonyl (C=O) groups is 2. The van der Waals surface area contributed by atoms with Crippen molar-refractivity contribution in [1.29, 1.82) is 0 Å². The molecule has 0 aromatic heterocycles. The van der Waals surface area contributed by atoms with Crippen LogP contribution in [-0.2, 0) is 20.9 Å². The van der Waals surface area contributed by atoms with Gasteiger partial charge in [-0.25, -0.2) is 4.79 Å². The van der Waals surface area contributed by atoms with Gasteiger partial charge in [0.2, 0.25) is 0 Å². The Bertz CT molecular complexity index is 1090. The van der Waals surface area contributed by atoms with Crippen molar-refractivity contribution in [2.45, 2.75) is 18.0 Å². The second-order valence-electron chi connectivity index (χ2n) is 7.20. The van der Waals surface area contributed by atoms with Gasteiger partial charge in [-0.15, -0.1) is 23.4 Å². The molecule has 0 unspecified atom stereocenters. The molecule has 4 rings (SSSR count). The van der Waals surface area contributed by atoms with Crippen molar-refractivity contribution in [2.75, 3.05) is 18.7 Å². The molecule has 0 radical (unpaired) electrons. The van der Waals surface area contributed by atoms with E-state index >= 15 is 0 Å². The molecule has 0 saturated carbocycles. The number of hydrogen-bond donors (Lipinski definition) is 1. The number of para-hydroxylation sites is 1. The number of methoxy groups -OCH3 is 1. The van der Waals surface area contributed by atoms with Gasteiger partial charge in [-0.1, -0.05) is 24.3 Å². The van der Waals surface area contributed by atoms with Crippen LogP contribution < -0.4 is 4.74 Å². The predicted octanol–water partition coefficient (Wildman–Crippen LogP) is 3.34. The number of ether oxygens (including phenoxy) is 2. The molecule has 1 saturated heterocycles. The topological polar surface area (TPSA) is 88.4 Å².